The second-order valence-corrected chi connectivity index (χ2v) is 5.02. The van der Waals surface area contributed by atoms with Crippen molar-refractivity contribution in [2.24, 2.45) is 13.0 Å². The number of hydrogen-bond donors (Lipinski definition) is 1. The normalized spacial score (nSPS) is 27.2. The van der Waals surface area contributed by atoms with E-state index >= 15 is 0 Å². The standard InChI is InChI=1S/C11H19N5/c1-15-6-10(13-14-15)7-16-5-4-12-11(8-16)9-2-3-9/h6,9,11-12H,2-5,7-8H2,1H3. The Bertz CT molecular complexity index is 357. The molecule has 1 saturated heterocycles. The first-order chi connectivity index (χ1) is 7.81. The van der Waals surface area contributed by atoms with Gasteiger partial charge in [0.25, 0.3) is 0 Å². The van der Waals surface area contributed by atoms with Crippen molar-refractivity contribution in [3.63, 3.8) is 0 Å². The molecule has 16 heavy (non-hydrogen) atoms. The number of aromatic nitrogens is 3. The summed E-state index contributed by atoms with van der Waals surface area (Å²) >= 11 is 0. The molecule has 0 amide bonds. The highest BCUT2D eigenvalue weighted by Crippen LogP contribution is 2.33. The zero-order valence-electron chi connectivity index (χ0n) is 9.76. The molecule has 1 aliphatic carbocycles. The van der Waals surface area contributed by atoms with Gasteiger partial charge in [0.2, 0.25) is 0 Å². The third-order valence-corrected chi connectivity index (χ3v) is 3.52. The number of aryl methyl sites for hydroxylation is 1. The van der Waals surface area contributed by atoms with Gasteiger partial charge in [0.05, 0.1) is 5.69 Å². The van der Waals surface area contributed by atoms with Crippen molar-refractivity contribution in [1.29, 1.82) is 0 Å². The monoisotopic (exact) mass is 221 g/mol. The van der Waals surface area contributed by atoms with E-state index in [4.69, 9.17) is 0 Å². The zero-order chi connectivity index (χ0) is 11.0. The lowest BCUT2D eigenvalue weighted by molar-refractivity contribution is 0.180. The number of nitrogens with one attached hydrogen (secondary N) is 1. The van der Waals surface area contributed by atoms with Gasteiger partial charge in [-0.15, -0.1) is 5.10 Å². The van der Waals surface area contributed by atoms with Crippen LogP contribution in [0, 0.1) is 5.92 Å². The third kappa shape index (κ3) is 2.25. The molecule has 1 aromatic heterocycles. The Morgan fingerprint density at radius 2 is 2.38 bits per heavy atom. The second kappa shape index (κ2) is 4.14. The average Bonchev–Trinajstić information content (AvgIpc) is 3.05. The molecule has 5 heteroatoms. The molecule has 0 radical (unpaired) electrons. The van der Waals surface area contributed by atoms with Gasteiger partial charge in [-0.1, -0.05) is 5.21 Å². The highest BCUT2D eigenvalue weighted by Gasteiger charge is 2.33. The number of piperazine rings is 1. The Hall–Kier alpha value is -0.940. The minimum atomic E-state index is 0.713. The molecule has 2 heterocycles. The molecule has 1 aliphatic heterocycles. The lowest BCUT2D eigenvalue weighted by atomic mass is 10.1. The van der Waals surface area contributed by atoms with Gasteiger partial charge in [-0.05, 0) is 18.8 Å². The summed E-state index contributed by atoms with van der Waals surface area (Å²) in [6.45, 7) is 4.35. The Labute approximate surface area is 95.8 Å². The smallest absolute Gasteiger partial charge is 0.0967 e. The number of rotatable bonds is 3. The van der Waals surface area contributed by atoms with E-state index < -0.39 is 0 Å². The van der Waals surface area contributed by atoms with Crippen LogP contribution in [0.5, 0.6) is 0 Å². The maximum Gasteiger partial charge on any atom is 0.0967 e. The van der Waals surface area contributed by atoms with Crippen LogP contribution in [-0.2, 0) is 13.6 Å². The molecule has 5 nitrogen and oxygen atoms in total. The fourth-order valence-electron chi connectivity index (χ4n) is 2.50. The Morgan fingerprint density at radius 3 is 3.06 bits per heavy atom. The van der Waals surface area contributed by atoms with E-state index in [0.29, 0.717) is 6.04 Å². The molecule has 1 unspecified atom stereocenters. The minimum absolute atomic E-state index is 0.713. The Morgan fingerprint density at radius 1 is 1.50 bits per heavy atom. The summed E-state index contributed by atoms with van der Waals surface area (Å²) in [6, 6.07) is 0.713. The number of nitrogens with zero attached hydrogens (tertiary/aromatic N) is 4. The quantitative estimate of drug-likeness (QED) is 0.780. The van der Waals surface area contributed by atoms with Crippen LogP contribution in [0.2, 0.25) is 0 Å². The molecule has 1 N–H and O–H groups in total. The first-order valence-corrected chi connectivity index (χ1v) is 6.12. The van der Waals surface area contributed by atoms with Crippen molar-refractivity contribution in [2.45, 2.75) is 25.4 Å². The van der Waals surface area contributed by atoms with Crippen LogP contribution in [0.1, 0.15) is 18.5 Å². The lowest BCUT2D eigenvalue weighted by Gasteiger charge is -2.33. The summed E-state index contributed by atoms with van der Waals surface area (Å²) in [5, 5.41) is 11.7. The van der Waals surface area contributed by atoms with Crippen molar-refractivity contribution in [3.8, 4) is 0 Å². The molecular weight excluding hydrogens is 202 g/mol. The van der Waals surface area contributed by atoms with E-state index in [2.05, 4.69) is 20.5 Å². The summed E-state index contributed by atoms with van der Waals surface area (Å²) in [7, 11) is 1.92. The van der Waals surface area contributed by atoms with E-state index in [1.807, 2.05) is 13.2 Å². The summed E-state index contributed by atoms with van der Waals surface area (Å²) < 4.78 is 1.77. The van der Waals surface area contributed by atoms with E-state index in [1.54, 1.807) is 4.68 Å². The van der Waals surface area contributed by atoms with Crippen molar-refractivity contribution in [2.75, 3.05) is 19.6 Å². The number of hydrogen-bond acceptors (Lipinski definition) is 4. The van der Waals surface area contributed by atoms with E-state index in [9.17, 15) is 0 Å². The van der Waals surface area contributed by atoms with Crippen molar-refractivity contribution < 1.29 is 0 Å². The molecule has 2 aliphatic rings. The average molecular weight is 221 g/mol. The first-order valence-electron chi connectivity index (χ1n) is 6.12. The predicted molar refractivity (Wildman–Crippen MR) is 60.8 cm³/mol. The van der Waals surface area contributed by atoms with Crippen LogP contribution in [0.25, 0.3) is 0 Å². The highest BCUT2D eigenvalue weighted by molar-refractivity contribution is 4.96. The fraction of sp³-hybridized carbons (Fsp3) is 0.818. The van der Waals surface area contributed by atoms with E-state index in [0.717, 1.165) is 31.2 Å². The van der Waals surface area contributed by atoms with Crippen LogP contribution in [0.4, 0.5) is 0 Å². The van der Waals surface area contributed by atoms with Crippen LogP contribution >= 0.6 is 0 Å². The molecular formula is C11H19N5. The van der Waals surface area contributed by atoms with Crippen LogP contribution in [-0.4, -0.2) is 45.6 Å². The fourth-order valence-corrected chi connectivity index (χ4v) is 2.50. The molecule has 0 aromatic carbocycles. The molecule has 1 aromatic rings. The van der Waals surface area contributed by atoms with Crippen LogP contribution in [0.15, 0.2) is 6.20 Å². The molecule has 3 rings (SSSR count). The van der Waals surface area contributed by atoms with Gasteiger partial charge in [0, 0.05) is 45.5 Å². The maximum atomic E-state index is 4.15. The van der Waals surface area contributed by atoms with E-state index in [1.165, 1.54) is 19.4 Å². The summed E-state index contributed by atoms with van der Waals surface area (Å²) in [6.07, 6.45) is 4.83. The predicted octanol–water partition coefficient (Wildman–Crippen LogP) is -0.00110. The lowest BCUT2D eigenvalue weighted by Crippen LogP contribution is -2.51. The summed E-state index contributed by atoms with van der Waals surface area (Å²) in [4.78, 5) is 2.49. The van der Waals surface area contributed by atoms with Crippen LogP contribution < -0.4 is 5.32 Å². The molecule has 0 bridgehead atoms. The van der Waals surface area contributed by atoms with Gasteiger partial charge in [0.1, 0.15) is 0 Å². The van der Waals surface area contributed by atoms with Gasteiger partial charge in [-0.25, -0.2) is 0 Å². The van der Waals surface area contributed by atoms with Crippen LogP contribution in [0.3, 0.4) is 0 Å². The topological polar surface area (TPSA) is 46.0 Å². The maximum absolute atomic E-state index is 4.15. The van der Waals surface area contributed by atoms with Gasteiger partial charge in [-0.2, -0.15) is 0 Å². The first kappa shape index (κ1) is 10.2. The summed E-state index contributed by atoms with van der Waals surface area (Å²) in [5.41, 5.74) is 1.08. The minimum Gasteiger partial charge on any atom is -0.311 e. The Balaban J connectivity index is 1.57. The highest BCUT2D eigenvalue weighted by atomic mass is 15.4. The third-order valence-electron chi connectivity index (χ3n) is 3.52. The second-order valence-electron chi connectivity index (χ2n) is 5.02. The van der Waals surface area contributed by atoms with Gasteiger partial charge >= 0.3 is 0 Å². The SMILES string of the molecule is Cn1cc(CN2CCNC(C3CC3)C2)nn1. The van der Waals surface area contributed by atoms with Gasteiger partial charge < -0.3 is 5.32 Å². The largest absolute Gasteiger partial charge is 0.311 e. The van der Waals surface area contributed by atoms with Gasteiger partial charge in [0.15, 0.2) is 0 Å². The van der Waals surface area contributed by atoms with E-state index in [-0.39, 0.29) is 0 Å². The van der Waals surface area contributed by atoms with Crippen molar-refractivity contribution in [1.82, 2.24) is 25.2 Å². The zero-order valence-corrected chi connectivity index (χ0v) is 9.76. The molecule has 1 atom stereocenters. The van der Waals surface area contributed by atoms with Crippen molar-refractivity contribution >= 4 is 0 Å². The molecule has 0 spiro atoms. The molecule has 1 saturated carbocycles. The summed E-state index contributed by atoms with van der Waals surface area (Å²) in [5.74, 6) is 0.935. The molecule has 2 fully saturated rings. The van der Waals surface area contributed by atoms with Gasteiger partial charge in [-0.3, -0.25) is 9.58 Å². The van der Waals surface area contributed by atoms with Crippen molar-refractivity contribution in [3.05, 3.63) is 11.9 Å². The molecule has 88 valence electrons. The Kier molecular flexibility index (Phi) is 2.65.